The molecule has 4 aromatic rings. The maximum atomic E-state index is 13.9. The second-order valence-corrected chi connectivity index (χ2v) is 20.9. The summed E-state index contributed by atoms with van der Waals surface area (Å²) in [6.07, 6.45) is 4.93. The van der Waals surface area contributed by atoms with Gasteiger partial charge in [0.15, 0.2) is 5.14 Å². The lowest BCUT2D eigenvalue weighted by atomic mass is 9.73. The number of nitro groups is 2. The van der Waals surface area contributed by atoms with Crippen molar-refractivity contribution in [1.29, 1.82) is 0 Å². The number of amides is 2. The maximum absolute atomic E-state index is 13.9. The molecule has 4 aliphatic heterocycles. The van der Waals surface area contributed by atoms with Crippen molar-refractivity contribution in [2.45, 2.75) is 92.4 Å². The van der Waals surface area contributed by atoms with Gasteiger partial charge in [-0.05, 0) is 104 Å². The number of aliphatic hydroxyl groups is 1. The van der Waals surface area contributed by atoms with Crippen molar-refractivity contribution in [2.24, 2.45) is 11.8 Å². The van der Waals surface area contributed by atoms with Crippen LogP contribution in [0.15, 0.2) is 84.9 Å². The summed E-state index contributed by atoms with van der Waals surface area (Å²) >= 11 is 27.1. The maximum Gasteiger partial charge on any atom is 0.250 e. The second kappa shape index (κ2) is 20.2. The van der Waals surface area contributed by atoms with E-state index in [1.165, 1.54) is 0 Å². The highest BCUT2D eigenvalue weighted by molar-refractivity contribution is 14.1. The number of aldehydes is 1. The first kappa shape index (κ1) is 49.5. The first-order valence-electron chi connectivity index (χ1n) is 22.1. The van der Waals surface area contributed by atoms with E-state index in [-0.39, 0.29) is 41.1 Å². The van der Waals surface area contributed by atoms with Gasteiger partial charge in [0, 0.05) is 78.6 Å². The number of carbonyl (C=O) groups excluding carboxylic acids is 3. The highest BCUT2D eigenvalue weighted by atomic mass is 127. The smallest absolute Gasteiger partial charge is 0.250 e. The Hall–Kier alpha value is -3.88. The molecule has 8 atom stereocenters. The van der Waals surface area contributed by atoms with Crippen molar-refractivity contribution in [1.82, 2.24) is 9.80 Å². The third-order valence-electron chi connectivity index (χ3n) is 14.0. The van der Waals surface area contributed by atoms with Gasteiger partial charge in [0.1, 0.15) is 17.4 Å². The molecule has 4 heterocycles. The average Bonchev–Trinajstić information content (AvgIpc) is 4.19. The van der Waals surface area contributed by atoms with E-state index in [1.807, 2.05) is 21.8 Å². The molecule has 0 unspecified atom stereocenters. The van der Waals surface area contributed by atoms with Crippen LogP contribution in [-0.4, -0.2) is 91.9 Å². The Morgan fingerprint density at radius 1 is 0.716 bits per heavy atom. The largest absolute Gasteiger partial charge is 0.396 e. The van der Waals surface area contributed by atoms with E-state index in [0.717, 1.165) is 25.7 Å². The number of carbonyl (C=O) groups is 3. The predicted octanol–water partition coefficient (Wildman–Crippen LogP) is 9.39. The molecule has 10 rings (SSSR count). The molecule has 4 aromatic carbocycles. The molecule has 0 bridgehead atoms. The summed E-state index contributed by atoms with van der Waals surface area (Å²) < 4.78 is 0. The summed E-state index contributed by atoms with van der Waals surface area (Å²) in [5, 5.41) is 44.5. The lowest BCUT2D eigenvalue weighted by Crippen LogP contribution is -2.52. The molecule has 2 aliphatic carbocycles. The van der Waals surface area contributed by atoms with Crippen LogP contribution in [0.25, 0.3) is 0 Å². The number of hydrogen-bond donors (Lipinski definition) is 3. The fourth-order valence-electron chi connectivity index (χ4n) is 11.3. The molecule has 1 radical (unpaired) electrons. The Morgan fingerprint density at radius 3 is 1.49 bits per heavy atom. The summed E-state index contributed by atoms with van der Waals surface area (Å²) in [5.74, 6) is -1.52. The molecular weight excluding hydrogens is 1060 g/mol. The van der Waals surface area contributed by atoms with Crippen LogP contribution in [0.2, 0.25) is 26.9 Å². The van der Waals surface area contributed by atoms with E-state index in [4.69, 9.17) is 46.4 Å². The van der Waals surface area contributed by atoms with Crippen molar-refractivity contribution < 1.29 is 29.3 Å². The van der Waals surface area contributed by atoms with Crippen LogP contribution < -0.4 is 10.6 Å². The van der Waals surface area contributed by atoms with E-state index < -0.39 is 47.1 Å². The molecule has 20 heteroatoms. The van der Waals surface area contributed by atoms with Crippen molar-refractivity contribution in [3.05, 3.63) is 148 Å². The highest BCUT2D eigenvalue weighted by Crippen LogP contribution is 2.61. The summed E-state index contributed by atoms with van der Waals surface area (Å²) in [6, 6.07) is 20.6. The van der Waals surface area contributed by atoms with E-state index in [1.54, 1.807) is 84.9 Å². The van der Waals surface area contributed by atoms with Crippen molar-refractivity contribution in [3.63, 3.8) is 0 Å². The van der Waals surface area contributed by atoms with Crippen molar-refractivity contribution in [3.8, 4) is 0 Å². The summed E-state index contributed by atoms with van der Waals surface area (Å²) in [7, 11) is 0. The Morgan fingerprint density at radius 2 is 1.12 bits per heavy atom. The van der Waals surface area contributed by atoms with Crippen molar-refractivity contribution in [2.75, 3.05) is 30.3 Å². The van der Waals surface area contributed by atoms with E-state index in [0.29, 0.717) is 84.9 Å². The van der Waals surface area contributed by atoms with Gasteiger partial charge in [-0.15, -0.1) is 0 Å². The molecule has 351 valence electrons. The zero-order chi connectivity index (χ0) is 47.9. The topological polar surface area (TPSA) is 188 Å². The van der Waals surface area contributed by atoms with Gasteiger partial charge in [-0.2, -0.15) is 22.4 Å². The normalized spacial score (nSPS) is 28.2. The van der Waals surface area contributed by atoms with Gasteiger partial charge in [0.25, 0.3) is 11.8 Å². The monoisotopic (exact) mass is 1100 g/mol. The van der Waals surface area contributed by atoms with Crippen LogP contribution in [0, 0.1) is 32.1 Å². The van der Waals surface area contributed by atoms with Crippen LogP contribution in [0.5, 0.6) is 0 Å². The summed E-state index contributed by atoms with van der Waals surface area (Å²) in [4.78, 5) is 67.6. The van der Waals surface area contributed by atoms with Gasteiger partial charge >= 0.3 is 0 Å². The van der Waals surface area contributed by atoms with Crippen LogP contribution >= 0.6 is 68.8 Å². The molecule has 2 saturated heterocycles. The van der Waals surface area contributed by atoms with Gasteiger partial charge in [0.05, 0.1) is 23.9 Å². The minimum Gasteiger partial charge on any atom is -0.396 e. The molecule has 2 amide bonds. The first-order valence-corrected chi connectivity index (χ1v) is 24.9. The zero-order valence-corrected chi connectivity index (χ0v) is 41.4. The van der Waals surface area contributed by atoms with Crippen LogP contribution in [0.4, 0.5) is 11.4 Å². The minimum atomic E-state index is -1.33. The van der Waals surface area contributed by atoms with Crippen LogP contribution in [0.3, 0.4) is 0 Å². The van der Waals surface area contributed by atoms with Crippen LogP contribution in [-0.2, 0) is 25.5 Å². The molecule has 14 nitrogen and oxygen atoms in total. The number of halogens is 5. The standard InChI is InChI=1S/C23H23Cl2N3O4.C23H21Cl2N3O4.CH3BI/c2*24-15-3-1-2-14(10-15)20-21(28(31)32)19(8-9-29)27(12-13-4-5-13)23(20)17-7-6-16(25)11-18(17)26-22(23)30;1-2-3/h1-3,6-7,10-11,13,19-21,29H,4-5,8-9,12H2,(H,26,30);1-3,6-7,9-11,13,19-21H,4-5,8,12H2,(H,26,30);1H3/t2*19-,20-,21+,23+;/m00./s1. The van der Waals surface area contributed by atoms with Gasteiger partial charge in [0.2, 0.25) is 12.1 Å². The van der Waals surface area contributed by atoms with Crippen LogP contribution in [0.1, 0.15) is 72.6 Å². The summed E-state index contributed by atoms with van der Waals surface area (Å²) in [6.45, 7) is 2.85. The number of fused-ring (bicyclic) bond motifs is 4. The van der Waals surface area contributed by atoms with E-state index in [9.17, 15) is 39.7 Å². The lowest BCUT2D eigenvalue weighted by molar-refractivity contribution is -0.528. The Balaban J connectivity index is 0.000000172. The average molecular weight is 1100 g/mol. The lowest BCUT2D eigenvalue weighted by Gasteiger charge is -2.38. The fourth-order valence-corrected chi connectivity index (χ4v) is 12.0. The number of nitrogens with one attached hydrogen (secondary N) is 2. The Kier molecular flexibility index (Phi) is 15.0. The molecule has 67 heavy (non-hydrogen) atoms. The number of anilines is 2. The predicted molar refractivity (Wildman–Crippen MR) is 268 cm³/mol. The molecule has 0 aromatic heterocycles. The third kappa shape index (κ3) is 8.98. The third-order valence-corrected chi connectivity index (χ3v) is 15.0. The second-order valence-electron chi connectivity index (χ2n) is 17.9. The first-order chi connectivity index (χ1) is 32.2. The number of hydrogen-bond acceptors (Lipinski definition) is 10. The number of likely N-dealkylation sites (tertiary alicyclic amines) is 2. The van der Waals surface area contributed by atoms with Gasteiger partial charge < -0.3 is 20.5 Å². The number of benzene rings is 4. The zero-order valence-electron chi connectivity index (χ0n) is 36.2. The minimum absolute atomic E-state index is 0.0343. The molecule has 2 spiro atoms. The Labute approximate surface area is 421 Å². The summed E-state index contributed by atoms with van der Waals surface area (Å²) in [5.41, 5.74) is 1.07. The van der Waals surface area contributed by atoms with Gasteiger partial charge in [-0.1, -0.05) is 89.6 Å². The number of aliphatic hydroxyl groups excluding tert-OH is 1. The molecule has 2 saturated carbocycles. The number of rotatable bonds is 12. The van der Waals surface area contributed by atoms with E-state index in [2.05, 4.69) is 33.0 Å². The van der Waals surface area contributed by atoms with E-state index >= 15 is 0 Å². The van der Waals surface area contributed by atoms with Gasteiger partial charge in [-0.25, -0.2) is 0 Å². The number of nitrogens with zero attached hydrogens (tertiary/aromatic N) is 4. The molecule has 4 fully saturated rings. The quantitative estimate of drug-likeness (QED) is 0.0406. The Bertz CT molecular complexity index is 2590. The molecular formula is C47H47BCl4IN6O8. The molecule has 6 aliphatic rings. The highest BCUT2D eigenvalue weighted by Gasteiger charge is 2.72. The van der Waals surface area contributed by atoms with Crippen molar-refractivity contribution >= 4 is 103 Å². The fraction of sp³-hybridized carbons (Fsp3) is 0.426. The molecule has 3 N–H and O–H groups in total. The SMILES string of the molecule is C[B]I.O=C1Nc2cc(Cl)ccc2[C@@]12[C@@H](c1cccc(Cl)c1)[C@H]([N+](=O)[O-])[C@H](CCO)N2CC1CC1.O=CC[C@H]1[C@@H]([N+](=O)[O-])[C@H](c2cccc(Cl)c2)[C@]2(C(=O)Nc3cc(Cl)ccc32)N1CC1CC1. The van der Waals surface area contributed by atoms with Gasteiger partial charge in [-0.3, -0.25) is 39.6 Å².